The molecule has 0 aromatic heterocycles. The Balaban J connectivity index is 2.61. The van der Waals surface area contributed by atoms with Gasteiger partial charge in [-0.15, -0.1) is 0 Å². The van der Waals surface area contributed by atoms with E-state index in [1.165, 1.54) is 4.31 Å². The molecule has 1 rings (SSSR count). The van der Waals surface area contributed by atoms with Crippen LogP contribution in [0, 0.1) is 5.92 Å². The van der Waals surface area contributed by atoms with Crippen LogP contribution in [0.3, 0.4) is 0 Å². The topological polar surface area (TPSA) is 86.7 Å². The lowest BCUT2D eigenvalue weighted by Crippen LogP contribution is -2.59. The number of hydrogen-bond donors (Lipinski definition) is 2. The predicted molar refractivity (Wildman–Crippen MR) is 82.3 cm³/mol. The van der Waals surface area contributed by atoms with E-state index < -0.39 is 21.2 Å². The van der Waals surface area contributed by atoms with Crippen molar-refractivity contribution in [1.82, 2.24) is 9.62 Å². The molecule has 2 N–H and O–H groups in total. The van der Waals surface area contributed by atoms with E-state index in [-0.39, 0.29) is 17.6 Å². The Morgan fingerprint density at radius 1 is 1.24 bits per heavy atom. The molecule has 1 heterocycles. The summed E-state index contributed by atoms with van der Waals surface area (Å²) in [5.41, 5.74) is -1.77. The van der Waals surface area contributed by atoms with Gasteiger partial charge in [0.25, 0.3) is 0 Å². The second-order valence-electron chi connectivity index (χ2n) is 6.75. The lowest BCUT2D eigenvalue weighted by atomic mass is 9.85. The van der Waals surface area contributed by atoms with Crippen LogP contribution in [0.2, 0.25) is 0 Å². The van der Waals surface area contributed by atoms with E-state index in [0.717, 1.165) is 0 Å². The van der Waals surface area contributed by atoms with Gasteiger partial charge in [0, 0.05) is 19.0 Å². The third-order valence-corrected chi connectivity index (χ3v) is 6.43. The molecule has 0 saturated carbocycles. The third-order valence-electron chi connectivity index (χ3n) is 4.55. The molecule has 0 aromatic rings. The van der Waals surface area contributed by atoms with Crippen LogP contribution in [0.15, 0.2) is 0 Å². The average Bonchev–Trinajstić information content (AvgIpc) is 2.37. The van der Waals surface area contributed by atoms with Crippen molar-refractivity contribution in [3.63, 3.8) is 0 Å². The number of nitrogens with one attached hydrogen (secondary N) is 1. The average molecular weight is 320 g/mol. The van der Waals surface area contributed by atoms with Crippen molar-refractivity contribution in [2.75, 3.05) is 18.8 Å². The Hall–Kier alpha value is -0.660. The summed E-state index contributed by atoms with van der Waals surface area (Å²) in [7, 11) is -3.17. The molecule has 0 aliphatic carbocycles. The number of nitrogens with zero attached hydrogens (tertiary/aromatic N) is 1. The molecule has 7 heteroatoms. The van der Waals surface area contributed by atoms with Crippen molar-refractivity contribution < 1.29 is 18.3 Å². The van der Waals surface area contributed by atoms with Gasteiger partial charge in [-0.1, -0.05) is 0 Å². The Kier molecular flexibility index (Phi) is 5.45. The van der Waals surface area contributed by atoms with E-state index in [9.17, 15) is 18.3 Å². The van der Waals surface area contributed by atoms with E-state index in [0.29, 0.717) is 25.9 Å². The summed E-state index contributed by atoms with van der Waals surface area (Å²) in [6, 6.07) is 0. The van der Waals surface area contributed by atoms with Gasteiger partial charge in [0.05, 0.1) is 16.9 Å². The van der Waals surface area contributed by atoms with Gasteiger partial charge in [0.2, 0.25) is 15.9 Å². The summed E-state index contributed by atoms with van der Waals surface area (Å²) in [6.07, 6.45) is 1.04. The molecule has 0 unspecified atom stereocenters. The minimum absolute atomic E-state index is 0.0929. The van der Waals surface area contributed by atoms with Crippen molar-refractivity contribution in [1.29, 1.82) is 0 Å². The fourth-order valence-corrected chi connectivity index (χ4v) is 3.27. The number of hydrogen-bond acceptors (Lipinski definition) is 4. The van der Waals surface area contributed by atoms with Crippen LogP contribution in [0.5, 0.6) is 0 Å². The van der Waals surface area contributed by atoms with Crippen LogP contribution in [0.1, 0.15) is 47.5 Å². The van der Waals surface area contributed by atoms with Gasteiger partial charge in [0.15, 0.2) is 0 Å². The summed E-state index contributed by atoms with van der Waals surface area (Å²) in [4.78, 5) is 12.3. The molecule has 0 radical (unpaired) electrons. The first-order valence-corrected chi connectivity index (χ1v) is 9.04. The van der Waals surface area contributed by atoms with Crippen LogP contribution in [-0.4, -0.2) is 53.7 Å². The van der Waals surface area contributed by atoms with Crippen molar-refractivity contribution in [3.8, 4) is 0 Å². The van der Waals surface area contributed by atoms with E-state index in [1.54, 1.807) is 34.6 Å². The first-order chi connectivity index (χ1) is 9.40. The van der Waals surface area contributed by atoms with Gasteiger partial charge < -0.3 is 10.4 Å². The molecule has 0 atom stereocenters. The number of amides is 1. The molecule has 1 aliphatic rings. The van der Waals surface area contributed by atoms with Crippen molar-refractivity contribution >= 4 is 15.9 Å². The highest BCUT2D eigenvalue weighted by molar-refractivity contribution is 7.89. The molecule has 0 spiro atoms. The zero-order chi connectivity index (χ0) is 16.5. The fourth-order valence-electron chi connectivity index (χ4n) is 2.14. The van der Waals surface area contributed by atoms with E-state index in [4.69, 9.17) is 0 Å². The largest absolute Gasteiger partial charge is 0.388 e. The van der Waals surface area contributed by atoms with E-state index in [1.807, 2.05) is 0 Å². The van der Waals surface area contributed by atoms with E-state index >= 15 is 0 Å². The first-order valence-electron chi connectivity index (χ1n) is 7.43. The molecule has 1 aliphatic heterocycles. The molecule has 124 valence electrons. The zero-order valence-electron chi connectivity index (χ0n) is 13.6. The molecule has 6 nitrogen and oxygen atoms in total. The van der Waals surface area contributed by atoms with Crippen LogP contribution < -0.4 is 5.32 Å². The molecule has 0 aromatic carbocycles. The smallest absolute Gasteiger partial charge is 0.223 e. The van der Waals surface area contributed by atoms with E-state index in [2.05, 4.69) is 5.32 Å². The maximum atomic E-state index is 12.3. The standard InChI is InChI=1S/C14H28N2O4S/c1-6-21(19,20)16-9-7-11(8-10-16)12(17)15-13(2,3)14(4,5)18/h11,18H,6-10H2,1-5H3,(H,15,17). The Bertz CT molecular complexity index is 472. The number of aliphatic hydroxyl groups is 1. The molecule has 1 saturated heterocycles. The second-order valence-corrected chi connectivity index (χ2v) is 9.00. The number of piperidine rings is 1. The molecular formula is C14H28N2O4S. The van der Waals surface area contributed by atoms with Gasteiger partial charge in [-0.3, -0.25) is 4.79 Å². The highest BCUT2D eigenvalue weighted by Crippen LogP contribution is 2.24. The van der Waals surface area contributed by atoms with Gasteiger partial charge in [-0.25, -0.2) is 12.7 Å². The van der Waals surface area contributed by atoms with Gasteiger partial charge >= 0.3 is 0 Å². The van der Waals surface area contributed by atoms with Gasteiger partial charge in [-0.2, -0.15) is 0 Å². The van der Waals surface area contributed by atoms with Crippen molar-refractivity contribution in [3.05, 3.63) is 0 Å². The van der Waals surface area contributed by atoms with Crippen LogP contribution in [-0.2, 0) is 14.8 Å². The molecule has 1 amide bonds. The number of rotatable bonds is 5. The maximum Gasteiger partial charge on any atom is 0.223 e. The highest BCUT2D eigenvalue weighted by Gasteiger charge is 2.38. The zero-order valence-corrected chi connectivity index (χ0v) is 14.5. The van der Waals surface area contributed by atoms with Crippen LogP contribution in [0.4, 0.5) is 0 Å². The van der Waals surface area contributed by atoms with Crippen molar-refractivity contribution in [2.24, 2.45) is 5.92 Å². The summed E-state index contributed by atoms with van der Waals surface area (Å²) in [5.74, 6) is -0.221. The summed E-state index contributed by atoms with van der Waals surface area (Å²) >= 11 is 0. The lowest BCUT2D eigenvalue weighted by molar-refractivity contribution is -0.131. The predicted octanol–water partition coefficient (Wildman–Crippen LogP) is 0.714. The van der Waals surface area contributed by atoms with Crippen LogP contribution >= 0.6 is 0 Å². The Labute approximate surface area is 128 Å². The summed E-state index contributed by atoms with van der Waals surface area (Å²) in [6.45, 7) is 9.27. The maximum absolute atomic E-state index is 12.3. The van der Waals surface area contributed by atoms with Gasteiger partial charge in [-0.05, 0) is 47.5 Å². The van der Waals surface area contributed by atoms with Crippen molar-refractivity contribution in [2.45, 2.75) is 58.6 Å². The fraction of sp³-hybridized carbons (Fsp3) is 0.929. The molecule has 1 fully saturated rings. The SMILES string of the molecule is CCS(=O)(=O)N1CCC(C(=O)NC(C)(C)C(C)(C)O)CC1. The number of carbonyl (C=O) groups is 1. The monoisotopic (exact) mass is 320 g/mol. The lowest BCUT2D eigenvalue weighted by Gasteiger charge is -2.40. The number of sulfonamides is 1. The Morgan fingerprint density at radius 3 is 2.10 bits per heavy atom. The third kappa shape index (κ3) is 4.40. The first kappa shape index (κ1) is 18.4. The minimum Gasteiger partial charge on any atom is -0.388 e. The van der Waals surface area contributed by atoms with Gasteiger partial charge in [0.1, 0.15) is 0 Å². The molecule has 21 heavy (non-hydrogen) atoms. The normalized spacial score (nSPS) is 19.5. The highest BCUT2D eigenvalue weighted by atomic mass is 32.2. The molecule has 0 bridgehead atoms. The molecular weight excluding hydrogens is 292 g/mol. The summed E-state index contributed by atoms with van der Waals surface area (Å²) < 4.78 is 25.0. The second kappa shape index (κ2) is 6.22. The number of carbonyl (C=O) groups excluding carboxylic acids is 1. The quantitative estimate of drug-likeness (QED) is 0.781. The van der Waals surface area contributed by atoms with Crippen LogP contribution in [0.25, 0.3) is 0 Å². The summed E-state index contributed by atoms with van der Waals surface area (Å²) in [5, 5.41) is 12.9. The minimum atomic E-state index is -3.17. The Morgan fingerprint density at radius 2 is 1.71 bits per heavy atom.